The van der Waals surface area contributed by atoms with Gasteiger partial charge < -0.3 is 10.6 Å². The molecule has 2 heterocycles. The first-order valence-electron chi connectivity index (χ1n) is 4.39. The van der Waals surface area contributed by atoms with E-state index in [1.54, 1.807) is 0 Å². The van der Waals surface area contributed by atoms with Crippen molar-refractivity contribution in [2.24, 2.45) is 16.6 Å². The van der Waals surface area contributed by atoms with Gasteiger partial charge in [-0.15, -0.1) is 0 Å². The van der Waals surface area contributed by atoms with Gasteiger partial charge in [0.25, 0.3) is 0 Å². The summed E-state index contributed by atoms with van der Waals surface area (Å²) in [5.41, 5.74) is 5.71. The smallest absolute Gasteiger partial charge is 0.191 e. The van der Waals surface area contributed by atoms with Crippen LogP contribution in [0.3, 0.4) is 0 Å². The number of hydrogen-bond acceptors (Lipinski definition) is 4. The Balaban J connectivity index is 1.98. The minimum absolute atomic E-state index is 0.583. The predicted octanol–water partition coefficient (Wildman–Crippen LogP) is 0.368. The van der Waals surface area contributed by atoms with Gasteiger partial charge in [-0.3, -0.25) is 4.99 Å². The van der Waals surface area contributed by atoms with Crippen LogP contribution in [0.15, 0.2) is 4.99 Å². The molecule has 4 heteroatoms. The van der Waals surface area contributed by atoms with E-state index < -0.39 is 0 Å². The molecule has 2 unspecified atom stereocenters. The third kappa shape index (κ3) is 1.28. The summed E-state index contributed by atoms with van der Waals surface area (Å²) in [4.78, 5) is 6.39. The average molecular weight is 185 g/mol. The van der Waals surface area contributed by atoms with Crippen molar-refractivity contribution in [2.45, 2.75) is 12.5 Å². The molecule has 2 N–H and O–H groups in total. The number of rotatable bonds is 1. The molecular formula is C8H15N3S. The van der Waals surface area contributed by atoms with Crippen molar-refractivity contribution >= 4 is 17.7 Å². The van der Waals surface area contributed by atoms with E-state index in [0.717, 1.165) is 18.4 Å². The molecule has 0 bridgehead atoms. The first-order chi connectivity index (χ1) is 5.79. The number of likely N-dealkylation sites (N-methyl/N-ethyl adjacent to an activating group) is 1. The molecule has 1 saturated heterocycles. The lowest BCUT2D eigenvalue weighted by molar-refractivity contribution is 0.305. The number of nitrogens with two attached hydrogens (primary N) is 1. The number of hydrogen-bond donors (Lipinski definition) is 1. The Bertz CT molecular complexity index is 198. The van der Waals surface area contributed by atoms with Crippen molar-refractivity contribution < 1.29 is 0 Å². The Hall–Kier alpha value is -0.380. The molecule has 2 aliphatic heterocycles. The fraction of sp³-hybridized carbons (Fsp3) is 0.875. The molecule has 0 spiro atoms. The first-order valence-corrected chi connectivity index (χ1v) is 5.55. The zero-order valence-electron chi connectivity index (χ0n) is 7.36. The van der Waals surface area contributed by atoms with E-state index in [-0.39, 0.29) is 0 Å². The Kier molecular flexibility index (Phi) is 2.17. The molecule has 2 rings (SSSR count). The number of guanidine groups is 1. The summed E-state index contributed by atoms with van der Waals surface area (Å²) in [7, 11) is 2.06. The maximum Gasteiger partial charge on any atom is 0.191 e. The first kappa shape index (κ1) is 8.23. The van der Waals surface area contributed by atoms with Gasteiger partial charge in [0.15, 0.2) is 5.96 Å². The van der Waals surface area contributed by atoms with Gasteiger partial charge >= 0.3 is 0 Å². The molecule has 0 saturated carbocycles. The third-order valence-corrected chi connectivity index (χ3v) is 4.00. The van der Waals surface area contributed by atoms with E-state index in [4.69, 9.17) is 5.73 Å². The van der Waals surface area contributed by atoms with E-state index in [1.807, 2.05) is 0 Å². The number of aliphatic imine (C=N–C) groups is 1. The minimum Gasteiger partial charge on any atom is -0.370 e. The molecule has 2 atom stereocenters. The third-order valence-electron chi connectivity index (χ3n) is 2.81. The highest BCUT2D eigenvalue weighted by Crippen LogP contribution is 2.29. The molecule has 68 valence electrons. The maximum atomic E-state index is 5.71. The van der Waals surface area contributed by atoms with Gasteiger partial charge in [-0.05, 0) is 23.8 Å². The van der Waals surface area contributed by atoms with Gasteiger partial charge in [0.05, 0.1) is 12.6 Å². The van der Waals surface area contributed by atoms with E-state index in [9.17, 15) is 0 Å². The fourth-order valence-electron chi connectivity index (χ4n) is 1.91. The molecule has 12 heavy (non-hydrogen) atoms. The van der Waals surface area contributed by atoms with Crippen LogP contribution in [0.1, 0.15) is 6.42 Å². The van der Waals surface area contributed by atoms with Crippen molar-refractivity contribution in [3.05, 3.63) is 0 Å². The predicted molar refractivity (Wildman–Crippen MR) is 53.5 cm³/mol. The van der Waals surface area contributed by atoms with Crippen LogP contribution in [-0.2, 0) is 0 Å². The largest absolute Gasteiger partial charge is 0.370 e. The van der Waals surface area contributed by atoms with Crippen LogP contribution in [0.2, 0.25) is 0 Å². The summed E-state index contributed by atoms with van der Waals surface area (Å²) in [5.74, 6) is 4.13. The summed E-state index contributed by atoms with van der Waals surface area (Å²) in [5, 5.41) is 0. The number of nitrogens with zero attached hydrogens (tertiary/aromatic N) is 2. The van der Waals surface area contributed by atoms with Crippen molar-refractivity contribution in [1.29, 1.82) is 0 Å². The van der Waals surface area contributed by atoms with Crippen LogP contribution in [0.4, 0.5) is 0 Å². The Morgan fingerprint density at radius 3 is 3.00 bits per heavy atom. The van der Waals surface area contributed by atoms with Gasteiger partial charge in [-0.1, -0.05) is 0 Å². The highest BCUT2D eigenvalue weighted by atomic mass is 32.2. The molecule has 0 aromatic heterocycles. The quantitative estimate of drug-likeness (QED) is 0.641. The highest BCUT2D eigenvalue weighted by Gasteiger charge is 2.32. The van der Waals surface area contributed by atoms with Gasteiger partial charge in [0, 0.05) is 7.05 Å². The van der Waals surface area contributed by atoms with E-state index in [2.05, 4.69) is 28.7 Å². The molecule has 0 aromatic rings. The van der Waals surface area contributed by atoms with Gasteiger partial charge in [-0.25, -0.2) is 0 Å². The van der Waals surface area contributed by atoms with Gasteiger partial charge in [0.2, 0.25) is 0 Å². The summed E-state index contributed by atoms with van der Waals surface area (Å²) >= 11 is 2.05. The second kappa shape index (κ2) is 3.17. The van der Waals surface area contributed by atoms with Gasteiger partial charge in [-0.2, -0.15) is 11.8 Å². The van der Waals surface area contributed by atoms with Crippen molar-refractivity contribution in [1.82, 2.24) is 4.90 Å². The van der Waals surface area contributed by atoms with Crippen LogP contribution >= 0.6 is 11.8 Å². The lowest BCUT2D eigenvalue weighted by Crippen LogP contribution is -2.41. The van der Waals surface area contributed by atoms with Gasteiger partial charge in [0.1, 0.15) is 0 Å². The zero-order chi connectivity index (χ0) is 8.55. The maximum absolute atomic E-state index is 5.71. The van der Waals surface area contributed by atoms with E-state index >= 15 is 0 Å². The average Bonchev–Trinajstić information content (AvgIpc) is 2.64. The van der Waals surface area contributed by atoms with Crippen LogP contribution < -0.4 is 5.73 Å². The molecule has 0 aromatic carbocycles. The van der Waals surface area contributed by atoms with E-state index in [0.29, 0.717) is 6.04 Å². The highest BCUT2D eigenvalue weighted by molar-refractivity contribution is 7.99. The van der Waals surface area contributed by atoms with Crippen molar-refractivity contribution in [3.63, 3.8) is 0 Å². The fourth-order valence-corrected chi connectivity index (χ4v) is 3.24. The summed E-state index contributed by atoms with van der Waals surface area (Å²) in [6.07, 6.45) is 1.34. The monoisotopic (exact) mass is 185 g/mol. The topological polar surface area (TPSA) is 41.6 Å². The molecular weight excluding hydrogens is 170 g/mol. The Morgan fingerprint density at radius 1 is 1.67 bits per heavy atom. The second-order valence-corrected chi connectivity index (χ2v) is 4.65. The van der Waals surface area contributed by atoms with E-state index in [1.165, 1.54) is 17.9 Å². The Morgan fingerprint density at radius 2 is 2.50 bits per heavy atom. The summed E-state index contributed by atoms with van der Waals surface area (Å²) in [6.45, 7) is 0.910. The van der Waals surface area contributed by atoms with Crippen molar-refractivity contribution in [2.75, 3.05) is 25.1 Å². The molecule has 1 fully saturated rings. The van der Waals surface area contributed by atoms with Crippen LogP contribution in [0.25, 0.3) is 0 Å². The normalized spacial score (nSPS) is 35.8. The zero-order valence-corrected chi connectivity index (χ0v) is 8.18. The molecule has 0 radical (unpaired) electrons. The van der Waals surface area contributed by atoms with Crippen LogP contribution in [0, 0.1) is 5.92 Å². The van der Waals surface area contributed by atoms with Crippen LogP contribution in [0.5, 0.6) is 0 Å². The minimum atomic E-state index is 0.583. The molecule has 3 nitrogen and oxygen atoms in total. The summed E-state index contributed by atoms with van der Waals surface area (Å²) < 4.78 is 0. The van der Waals surface area contributed by atoms with Crippen molar-refractivity contribution in [3.8, 4) is 0 Å². The summed E-state index contributed by atoms with van der Waals surface area (Å²) in [6, 6.07) is 0.583. The lowest BCUT2D eigenvalue weighted by Gasteiger charge is -2.26. The second-order valence-electron chi connectivity index (χ2n) is 3.50. The standard InChI is InChI=1S/C8H15N3S/c1-11-7(4-10-8(11)9)6-2-3-12-5-6/h6-7H,2-5H2,1H3,(H2,9,10). The van der Waals surface area contributed by atoms with Crippen LogP contribution in [-0.4, -0.2) is 42.0 Å². The lowest BCUT2D eigenvalue weighted by atomic mass is 9.99. The SMILES string of the molecule is CN1C(N)=NCC1C1CCSC1. The molecule has 2 aliphatic rings. The Labute approximate surface area is 77.4 Å². The molecule has 0 aliphatic carbocycles. The number of thioether (sulfide) groups is 1. The molecule has 0 amide bonds.